The van der Waals surface area contributed by atoms with Crippen molar-refractivity contribution in [2.75, 3.05) is 0 Å². The zero-order chi connectivity index (χ0) is 17.8. The molecule has 0 spiro atoms. The predicted molar refractivity (Wildman–Crippen MR) is 107 cm³/mol. The van der Waals surface area contributed by atoms with Crippen LogP contribution >= 0.6 is 0 Å². The van der Waals surface area contributed by atoms with Gasteiger partial charge in [0.15, 0.2) is 0 Å². The van der Waals surface area contributed by atoms with Gasteiger partial charge in [-0.05, 0) is 12.5 Å². The zero-order valence-electron chi connectivity index (χ0n) is 14.8. The second kappa shape index (κ2) is 7.32. The van der Waals surface area contributed by atoms with Gasteiger partial charge in [-0.1, -0.05) is 90.5 Å². The van der Waals surface area contributed by atoms with E-state index in [4.69, 9.17) is 9.97 Å². The molecule has 0 saturated carbocycles. The minimum Gasteiger partial charge on any atom is -0.252 e. The van der Waals surface area contributed by atoms with E-state index in [-0.39, 0.29) is 0 Å². The monoisotopic (exact) mass is 336 g/mol. The van der Waals surface area contributed by atoms with E-state index in [1.165, 1.54) is 11.1 Å². The number of aryl methyl sites for hydroxylation is 1. The molecule has 0 aliphatic heterocycles. The van der Waals surface area contributed by atoms with Crippen LogP contribution in [0, 0.1) is 6.92 Å². The molecule has 0 unspecified atom stereocenters. The molecule has 4 rings (SSSR count). The summed E-state index contributed by atoms with van der Waals surface area (Å²) in [5.41, 5.74) is 7.52. The van der Waals surface area contributed by atoms with Gasteiger partial charge in [0.05, 0.1) is 17.1 Å². The lowest BCUT2D eigenvalue weighted by molar-refractivity contribution is 1.04. The Balaban J connectivity index is 1.78. The fourth-order valence-corrected chi connectivity index (χ4v) is 3.03. The molecular weight excluding hydrogens is 316 g/mol. The molecular formula is C24H20N2. The first-order valence-electron chi connectivity index (χ1n) is 8.82. The minimum atomic E-state index is 0.780. The maximum Gasteiger partial charge on any atom is 0.0968 e. The van der Waals surface area contributed by atoms with Crippen LogP contribution < -0.4 is 0 Å². The third kappa shape index (κ3) is 3.55. The highest BCUT2D eigenvalue weighted by Crippen LogP contribution is 2.29. The van der Waals surface area contributed by atoms with Crippen LogP contribution in [0.4, 0.5) is 0 Å². The van der Waals surface area contributed by atoms with Gasteiger partial charge in [0.25, 0.3) is 0 Å². The topological polar surface area (TPSA) is 25.8 Å². The van der Waals surface area contributed by atoms with Crippen molar-refractivity contribution in [3.8, 4) is 22.5 Å². The molecule has 1 heterocycles. The summed E-state index contributed by atoms with van der Waals surface area (Å²) in [7, 11) is 0. The largest absolute Gasteiger partial charge is 0.252 e. The fraction of sp³-hybridized carbons (Fsp3) is 0.0833. The minimum absolute atomic E-state index is 0.780. The maximum absolute atomic E-state index is 4.97. The fourth-order valence-electron chi connectivity index (χ4n) is 3.03. The van der Waals surface area contributed by atoms with E-state index in [9.17, 15) is 0 Å². The zero-order valence-corrected chi connectivity index (χ0v) is 14.8. The van der Waals surface area contributed by atoms with Crippen LogP contribution in [0.1, 0.15) is 16.8 Å². The molecule has 3 aromatic carbocycles. The Bertz CT molecular complexity index is 991. The summed E-state index contributed by atoms with van der Waals surface area (Å²) in [6.07, 6.45) is 2.68. The Morgan fingerprint density at radius 1 is 0.654 bits per heavy atom. The number of aromatic nitrogens is 2. The Labute approximate surface area is 154 Å². The Hall–Kier alpha value is -3.26. The average molecular weight is 336 g/mol. The number of rotatable bonds is 4. The summed E-state index contributed by atoms with van der Waals surface area (Å²) < 4.78 is 0. The first-order chi connectivity index (χ1) is 12.8. The van der Waals surface area contributed by atoms with Crippen LogP contribution in [0.5, 0.6) is 0 Å². The molecule has 2 nitrogen and oxygen atoms in total. The molecule has 0 fully saturated rings. The van der Waals surface area contributed by atoms with E-state index in [0.29, 0.717) is 0 Å². The second-order valence-electron chi connectivity index (χ2n) is 6.45. The predicted octanol–water partition coefficient (Wildman–Crippen LogP) is 5.71. The van der Waals surface area contributed by atoms with E-state index < -0.39 is 0 Å². The van der Waals surface area contributed by atoms with Crippen LogP contribution in [0.15, 0.2) is 91.1 Å². The van der Waals surface area contributed by atoms with Gasteiger partial charge >= 0.3 is 0 Å². The van der Waals surface area contributed by atoms with Gasteiger partial charge in [0.2, 0.25) is 0 Å². The molecule has 26 heavy (non-hydrogen) atoms. The molecule has 2 heteroatoms. The van der Waals surface area contributed by atoms with Gasteiger partial charge < -0.3 is 0 Å². The van der Waals surface area contributed by atoms with E-state index >= 15 is 0 Å². The lowest BCUT2D eigenvalue weighted by atomic mass is 10.0. The van der Waals surface area contributed by atoms with Crippen molar-refractivity contribution in [3.05, 3.63) is 108 Å². The first kappa shape index (κ1) is 16.2. The molecule has 0 aliphatic rings. The molecule has 0 atom stereocenters. The third-order valence-corrected chi connectivity index (χ3v) is 4.42. The van der Waals surface area contributed by atoms with Crippen molar-refractivity contribution in [1.29, 1.82) is 0 Å². The molecule has 0 bridgehead atoms. The van der Waals surface area contributed by atoms with Gasteiger partial charge in [0, 0.05) is 23.7 Å². The highest BCUT2D eigenvalue weighted by atomic mass is 14.8. The maximum atomic E-state index is 4.97. The number of nitrogens with zero attached hydrogens (tertiary/aromatic N) is 2. The van der Waals surface area contributed by atoms with Crippen molar-refractivity contribution >= 4 is 0 Å². The standard InChI is InChI=1S/C24H20N2/c1-18-12-14-19(15-13-18)16-22-17-25-23(20-8-4-2-5-9-20)24(26-22)21-10-6-3-7-11-21/h2-15,17H,16H2,1H3. The van der Waals surface area contributed by atoms with E-state index in [1.807, 2.05) is 42.6 Å². The molecule has 4 aromatic rings. The number of hydrogen-bond acceptors (Lipinski definition) is 2. The summed E-state index contributed by atoms with van der Waals surface area (Å²) in [6, 6.07) is 29.1. The van der Waals surface area contributed by atoms with Crippen molar-refractivity contribution < 1.29 is 0 Å². The molecule has 1 aromatic heterocycles. The third-order valence-electron chi connectivity index (χ3n) is 4.42. The SMILES string of the molecule is Cc1ccc(Cc2cnc(-c3ccccc3)c(-c3ccccc3)n2)cc1. The lowest BCUT2D eigenvalue weighted by Gasteiger charge is -2.11. The molecule has 0 N–H and O–H groups in total. The number of hydrogen-bond donors (Lipinski definition) is 0. The van der Waals surface area contributed by atoms with Crippen LogP contribution in [0.25, 0.3) is 22.5 Å². The molecule has 0 amide bonds. The van der Waals surface area contributed by atoms with Crippen molar-refractivity contribution in [2.45, 2.75) is 13.3 Å². The number of benzene rings is 3. The van der Waals surface area contributed by atoms with Gasteiger partial charge in [-0.2, -0.15) is 0 Å². The summed E-state index contributed by atoms with van der Waals surface area (Å²) in [5.74, 6) is 0. The lowest BCUT2D eigenvalue weighted by Crippen LogP contribution is -1.99. The highest BCUT2D eigenvalue weighted by molar-refractivity contribution is 5.77. The average Bonchev–Trinajstić information content (AvgIpc) is 2.71. The molecule has 0 aliphatic carbocycles. The van der Waals surface area contributed by atoms with Crippen LogP contribution in [0.3, 0.4) is 0 Å². The van der Waals surface area contributed by atoms with E-state index in [2.05, 4.69) is 55.5 Å². The van der Waals surface area contributed by atoms with Gasteiger partial charge in [-0.15, -0.1) is 0 Å². The van der Waals surface area contributed by atoms with Crippen LogP contribution in [0.2, 0.25) is 0 Å². The Morgan fingerprint density at radius 3 is 1.85 bits per heavy atom. The van der Waals surface area contributed by atoms with E-state index in [1.54, 1.807) is 0 Å². The van der Waals surface area contributed by atoms with E-state index in [0.717, 1.165) is 34.6 Å². The van der Waals surface area contributed by atoms with Crippen molar-refractivity contribution in [3.63, 3.8) is 0 Å². The normalized spacial score (nSPS) is 10.7. The van der Waals surface area contributed by atoms with Crippen molar-refractivity contribution in [1.82, 2.24) is 9.97 Å². The Kier molecular flexibility index (Phi) is 4.57. The molecule has 126 valence electrons. The van der Waals surface area contributed by atoms with Crippen LogP contribution in [-0.2, 0) is 6.42 Å². The smallest absolute Gasteiger partial charge is 0.0968 e. The highest BCUT2D eigenvalue weighted by Gasteiger charge is 2.12. The second-order valence-corrected chi connectivity index (χ2v) is 6.45. The molecule has 0 radical (unpaired) electrons. The summed E-state index contributed by atoms with van der Waals surface area (Å²) in [6.45, 7) is 2.10. The van der Waals surface area contributed by atoms with Gasteiger partial charge in [-0.3, -0.25) is 4.98 Å². The van der Waals surface area contributed by atoms with Gasteiger partial charge in [-0.25, -0.2) is 4.98 Å². The summed E-state index contributed by atoms with van der Waals surface area (Å²) in [4.78, 5) is 9.75. The summed E-state index contributed by atoms with van der Waals surface area (Å²) >= 11 is 0. The van der Waals surface area contributed by atoms with Crippen molar-refractivity contribution in [2.24, 2.45) is 0 Å². The molecule has 0 saturated heterocycles. The quantitative estimate of drug-likeness (QED) is 0.477. The first-order valence-corrected chi connectivity index (χ1v) is 8.82. The summed E-state index contributed by atoms with van der Waals surface area (Å²) in [5, 5.41) is 0. The van der Waals surface area contributed by atoms with Crippen LogP contribution in [-0.4, -0.2) is 9.97 Å². The Morgan fingerprint density at radius 2 is 1.23 bits per heavy atom. The van der Waals surface area contributed by atoms with Gasteiger partial charge in [0.1, 0.15) is 0 Å².